The van der Waals surface area contributed by atoms with Crippen molar-refractivity contribution in [1.82, 2.24) is 5.32 Å². The highest BCUT2D eigenvalue weighted by Gasteiger charge is 2.13. The van der Waals surface area contributed by atoms with Gasteiger partial charge in [0.1, 0.15) is 6.04 Å². The summed E-state index contributed by atoms with van der Waals surface area (Å²) in [5.41, 5.74) is 1.15. The summed E-state index contributed by atoms with van der Waals surface area (Å²) in [7, 11) is 0. The van der Waals surface area contributed by atoms with Gasteiger partial charge in [-0.05, 0) is 31.9 Å². The predicted octanol–water partition coefficient (Wildman–Crippen LogP) is 2.26. The molecule has 0 aliphatic rings. The summed E-state index contributed by atoms with van der Waals surface area (Å²) in [4.78, 5) is 13.6. The standard InChI is InChI=1S/C11H14N2OS/c1-4-9-7(2)5-10(15-9)11(14)13-8(3)6-12/h5,8H,4H2,1-3H3,(H,13,14). The second-order valence-electron chi connectivity index (χ2n) is 3.39. The molecule has 0 bridgehead atoms. The molecule has 0 saturated heterocycles. The van der Waals surface area contributed by atoms with Crippen molar-refractivity contribution >= 4 is 17.2 Å². The number of nitrogens with one attached hydrogen (secondary N) is 1. The Labute approximate surface area is 93.7 Å². The molecular formula is C11H14N2OS. The molecule has 0 radical (unpaired) electrons. The van der Waals surface area contributed by atoms with Gasteiger partial charge in [0.05, 0.1) is 10.9 Å². The zero-order valence-corrected chi connectivity index (χ0v) is 9.94. The first kappa shape index (κ1) is 11.7. The quantitative estimate of drug-likeness (QED) is 0.852. The van der Waals surface area contributed by atoms with Crippen LogP contribution in [0.1, 0.15) is 34.0 Å². The van der Waals surface area contributed by atoms with Crippen LogP contribution in [0.15, 0.2) is 6.07 Å². The van der Waals surface area contributed by atoms with Crippen molar-refractivity contribution in [3.63, 3.8) is 0 Å². The van der Waals surface area contributed by atoms with Gasteiger partial charge in [-0.25, -0.2) is 0 Å². The van der Waals surface area contributed by atoms with Gasteiger partial charge in [-0.3, -0.25) is 4.79 Å². The molecule has 80 valence electrons. The van der Waals surface area contributed by atoms with Crippen LogP contribution in [0.25, 0.3) is 0 Å². The van der Waals surface area contributed by atoms with Gasteiger partial charge in [-0.1, -0.05) is 6.92 Å². The van der Waals surface area contributed by atoms with Crippen LogP contribution in [0.4, 0.5) is 0 Å². The van der Waals surface area contributed by atoms with E-state index in [1.807, 2.05) is 19.1 Å². The Morgan fingerprint density at radius 2 is 2.40 bits per heavy atom. The Hall–Kier alpha value is -1.34. The van der Waals surface area contributed by atoms with Crippen molar-refractivity contribution in [2.75, 3.05) is 0 Å². The number of amides is 1. The average molecular weight is 222 g/mol. The summed E-state index contributed by atoms with van der Waals surface area (Å²) in [6.07, 6.45) is 0.942. The first-order chi connectivity index (χ1) is 7.08. The molecule has 4 heteroatoms. The number of nitrogens with zero attached hydrogens (tertiary/aromatic N) is 1. The molecule has 1 aromatic heterocycles. The highest BCUT2D eigenvalue weighted by Crippen LogP contribution is 2.22. The number of thiophene rings is 1. The summed E-state index contributed by atoms with van der Waals surface area (Å²) in [6.45, 7) is 5.73. The molecule has 1 heterocycles. The molecule has 3 nitrogen and oxygen atoms in total. The molecule has 1 aromatic rings. The second-order valence-corrected chi connectivity index (χ2v) is 4.53. The van der Waals surface area contributed by atoms with Gasteiger partial charge >= 0.3 is 0 Å². The fourth-order valence-corrected chi connectivity index (χ4v) is 2.30. The molecule has 0 fully saturated rings. The van der Waals surface area contributed by atoms with E-state index in [4.69, 9.17) is 5.26 Å². The van der Waals surface area contributed by atoms with Gasteiger partial charge in [0, 0.05) is 4.88 Å². The number of hydrogen-bond donors (Lipinski definition) is 1. The summed E-state index contributed by atoms with van der Waals surface area (Å²) < 4.78 is 0. The van der Waals surface area contributed by atoms with Crippen molar-refractivity contribution in [2.24, 2.45) is 0 Å². The zero-order valence-electron chi connectivity index (χ0n) is 9.13. The smallest absolute Gasteiger partial charge is 0.262 e. The summed E-state index contributed by atoms with van der Waals surface area (Å²) in [5.74, 6) is -0.156. The second kappa shape index (κ2) is 4.94. The molecule has 1 N–H and O–H groups in total. The lowest BCUT2D eigenvalue weighted by atomic mass is 10.2. The minimum atomic E-state index is -0.440. The molecule has 0 aliphatic carbocycles. The monoisotopic (exact) mass is 222 g/mol. The number of aryl methyl sites for hydroxylation is 2. The van der Waals surface area contributed by atoms with Crippen LogP contribution in [0.3, 0.4) is 0 Å². The number of carbonyl (C=O) groups excluding carboxylic acids is 1. The van der Waals surface area contributed by atoms with E-state index in [0.29, 0.717) is 4.88 Å². The number of rotatable bonds is 3. The maximum Gasteiger partial charge on any atom is 0.262 e. The predicted molar refractivity (Wildman–Crippen MR) is 61.0 cm³/mol. The third-order valence-corrected chi connectivity index (χ3v) is 3.49. The largest absolute Gasteiger partial charge is 0.336 e. The number of carbonyl (C=O) groups is 1. The average Bonchev–Trinajstić information content (AvgIpc) is 2.59. The summed E-state index contributed by atoms with van der Waals surface area (Å²) in [5, 5.41) is 11.2. The molecule has 15 heavy (non-hydrogen) atoms. The minimum absolute atomic E-state index is 0.156. The van der Waals surface area contributed by atoms with Crippen LogP contribution >= 0.6 is 11.3 Å². The van der Waals surface area contributed by atoms with E-state index in [9.17, 15) is 4.79 Å². The van der Waals surface area contributed by atoms with Crippen LogP contribution in [-0.4, -0.2) is 11.9 Å². The Balaban J connectivity index is 2.79. The summed E-state index contributed by atoms with van der Waals surface area (Å²) in [6, 6.07) is 3.41. The molecule has 1 atom stereocenters. The molecular weight excluding hydrogens is 208 g/mol. The fourth-order valence-electron chi connectivity index (χ4n) is 1.28. The van der Waals surface area contributed by atoms with Crippen LogP contribution in [-0.2, 0) is 6.42 Å². The van der Waals surface area contributed by atoms with Gasteiger partial charge in [0.2, 0.25) is 0 Å². The maximum atomic E-state index is 11.6. The van der Waals surface area contributed by atoms with E-state index in [2.05, 4.69) is 12.2 Å². The third kappa shape index (κ3) is 2.80. The molecule has 0 aromatic carbocycles. The Morgan fingerprint density at radius 3 is 2.87 bits per heavy atom. The van der Waals surface area contributed by atoms with E-state index in [1.54, 1.807) is 6.92 Å². The Kier molecular flexibility index (Phi) is 3.87. The van der Waals surface area contributed by atoms with Crippen LogP contribution in [0.5, 0.6) is 0 Å². The first-order valence-electron chi connectivity index (χ1n) is 4.88. The lowest BCUT2D eigenvalue weighted by Gasteiger charge is -2.03. The highest BCUT2D eigenvalue weighted by molar-refractivity contribution is 7.14. The van der Waals surface area contributed by atoms with E-state index in [-0.39, 0.29) is 5.91 Å². The maximum absolute atomic E-state index is 11.6. The van der Waals surface area contributed by atoms with Gasteiger partial charge < -0.3 is 5.32 Å². The van der Waals surface area contributed by atoms with Gasteiger partial charge in [-0.2, -0.15) is 5.26 Å². The van der Waals surface area contributed by atoms with Crippen molar-refractivity contribution in [1.29, 1.82) is 5.26 Å². The zero-order chi connectivity index (χ0) is 11.4. The van der Waals surface area contributed by atoms with Crippen molar-refractivity contribution < 1.29 is 4.79 Å². The van der Waals surface area contributed by atoms with Crippen molar-refractivity contribution in [3.05, 3.63) is 21.4 Å². The summed E-state index contributed by atoms with van der Waals surface area (Å²) >= 11 is 1.50. The van der Waals surface area contributed by atoms with Crippen molar-refractivity contribution in [2.45, 2.75) is 33.2 Å². The van der Waals surface area contributed by atoms with E-state index in [1.165, 1.54) is 16.2 Å². The van der Waals surface area contributed by atoms with Crippen LogP contribution < -0.4 is 5.32 Å². The Morgan fingerprint density at radius 1 is 1.73 bits per heavy atom. The number of nitriles is 1. The van der Waals surface area contributed by atoms with Gasteiger partial charge in [-0.15, -0.1) is 11.3 Å². The van der Waals surface area contributed by atoms with Crippen LogP contribution in [0.2, 0.25) is 0 Å². The molecule has 0 saturated carbocycles. The topological polar surface area (TPSA) is 52.9 Å². The molecule has 1 unspecified atom stereocenters. The van der Waals surface area contributed by atoms with E-state index >= 15 is 0 Å². The highest BCUT2D eigenvalue weighted by atomic mass is 32.1. The normalized spacial score (nSPS) is 11.9. The third-order valence-electron chi connectivity index (χ3n) is 2.11. The lowest BCUT2D eigenvalue weighted by molar-refractivity contribution is 0.0952. The molecule has 0 spiro atoms. The molecule has 1 amide bonds. The van der Waals surface area contributed by atoms with Gasteiger partial charge in [0.15, 0.2) is 0 Å². The van der Waals surface area contributed by atoms with Gasteiger partial charge in [0.25, 0.3) is 5.91 Å². The Bertz CT molecular complexity index is 403. The van der Waals surface area contributed by atoms with E-state index < -0.39 is 6.04 Å². The molecule has 1 rings (SSSR count). The SMILES string of the molecule is CCc1sc(C(=O)NC(C)C#N)cc1C. The number of hydrogen-bond acceptors (Lipinski definition) is 3. The van der Waals surface area contributed by atoms with E-state index in [0.717, 1.165) is 12.0 Å². The van der Waals surface area contributed by atoms with Crippen molar-refractivity contribution in [3.8, 4) is 6.07 Å². The first-order valence-corrected chi connectivity index (χ1v) is 5.70. The minimum Gasteiger partial charge on any atom is -0.336 e. The molecule has 0 aliphatic heterocycles. The lowest BCUT2D eigenvalue weighted by Crippen LogP contribution is -2.30. The van der Waals surface area contributed by atoms with Crippen LogP contribution in [0, 0.1) is 18.3 Å². The fraction of sp³-hybridized carbons (Fsp3) is 0.455.